The number of carbonyl (C=O) groups excluding carboxylic acids is 2. The van der Waals surface area contributed by atoms with Crippen LogP contribution in [0.2, 0.25) is 0 Å². The molecule has 0 spiro atoms. The summed E-state index contributed by atoms with van der Waals surface area (Å²) in [5.74, 6) is -0.101. The van der Waals surface area contributed by atoms with E-state index in [1.807, 2.05) is 43.4 Å². The maximum Gasteiger partial charge on any atom is 0.251 e. The van der Waals surface area contributed by atoms with Gasteiger partial charge in [-0.1, -0.05) is 30.3 Å². The molecule has 1 fully saturated rings. The number of nitrogens with zero attached hydrogens (tertiary/aromatic N) is 2. The first-order valence-corrected chi connectivity index (χ1v) is 11.1. The van der Waals surface area contributed by atoms with E-state index in [-0.39, 0.29) is 11.8 Å². The number of aryl methyl sites for hydroxylation is 1. The molecule has 0 unspecified atom stereocenters. The van der Waals surface area contributed by atoms with Crippen LogP contribution in [-0.2, 0) is 27.2 Å². The van der Waals surface area contributed by atoms with Crippen molar-refractivity contribution in [3.8, 4) is 17.2 Å². The molecule has 7 nitrogen and oxygen atoms in total. The molecule has 0 saturated carbocycles. The molecule has 0 radical (unpaired) electrons. The second-order valence-corrected chi connectivity index (χ2v) is 8.30. The minimum absolute atomic E-state index is 0.149. The molecule has 2 heterocycles. The van der Waals surface area contributed by atoms with E-state index in [1.54, 1.807) is 4.90 Å². The summed E-state index contributed by atoms with van der Waals surface area (Å²) < 4.78 is 5.57. The van der Waals surface area contributed by atoms with Crippen LogP contribution in [0.25, 0.3) is 11.1 Å². The maximum absolute atomic E-state index is 12.5. The molecule has 4 rings (SSSR count). The van der Waals surface area contributed by atoms with Gasteiger partial charge < -0.3 is 20.3 Å². The number of hydrogen-bond acceptors (Lipinski definition) is 5. The standard InChI is InChI=1S/C25H28N4O3/c1-29-22-9-7-19(14-20(22)8-10-24(29)30)18-5-3-17(4-6-18)13-21(15-26)28-25(31)23-16-27-11-2-12-32-23/h3-7,9,14,21,23,27H,2,8,10-13,16H2,1H3,(H,28,31)/t21-,23-/m0/s1. The Morgan fingerprint density at radius 2 is 2.03 bits per heavy atom. The summed E-state index contributed by atoms with van der Waals surface area (Å²) in [6.45, 7) is 1.83. The van der Waals surface area contributed by atoms with Crippen LogP contribution in [0.15, 0.2) is 42.5 Å². The van der Waals surface area contributed by atoms with Gasteiger partial charge in [-0.3, -0.25) is 9.59 Å². The van der Waals surface area contributed by atoms with Gasteiger partial charge in [0.1, 0.15) is 12.1 Å². The molecule has 7 heteroatoms. The number of nitrogens with one attached hydrogen (secondary N) is 2. The SMILES string of the molecule is CN1C(=O)CCc2cc(-c3ccc(C[C@@H](C#N)NC(=O)[C@@H]4CNCCCO4)cc3)ccc21. The van der Waals surface area contributed by atoms with E-state index < -0.39 is 12.1 Å². The van der Waals surface area contributed by atoms with Gasteiger partial charge in [0, 0.05) is 38.7 Å². The second kappa shape index (κ2) is 9.94. The van der Waals surface area contributed by atoms with Crippen LogP contribution in [0.5, 0.6) is 0 Å². The highest BCUT2D eigenvalue weighted by Gasteiger charge is 2.24. The first kappa shape index (κ1) is 22.0. The lowest BCUT2D eigenvalue weighted by atomic mass is 9.95. The van der Waals surface area contributed by atoms with Crippen molar-refractivity contribution in [2.24, 2.45) is 0 Å². The quantitative estimate of drug-likeness (QED) is 0.755. The summed E-state index contributed by atoms with van der Waals surface area (Å²) in [6.07, 6.45) is 2.04. The minimum atomic E-state index is -0.614. The van der Waals surface area contributed by atoms with Gasteiger partial charge >= 0.3 is 0 Å². The molecule has 2 aromatic rings. The number of amides is 2. The molecule has 0 aromatic heterocycles. The van der Waals surface area contributed by atoms with Gasteiger partial charge in [0.05, 0.1) is 6.07 Å². The maximum atomic E-state index is 12.5. The van der Waals surface area contributed by atoms with Crippen LogP contribution in [0.4, 0.5) is 5.69 Å². The Kier molecular flexibility index (Phi) is 6.84. The van der Waals surface area contributed by atoms with E-state index in [9.17, 15) is 14.9 Å². The summed E-state index contributed by atoms with van der Waals surface area (Å²) in [5.41, 5.74) is 5.30. The van der Waals surface area contributed by atoms with Crippen molar-refractivity contribution in [3.63, 3.8) is 0 Å². The third kappa shape index (κ3) is 4.98. The zero-order valence-corrected chi connectivity index (χ0v) is 18.3. The summed E-state index contributed by atoms with van der Waals surface area (Å²) in [4.78, 5) is 26.1. The van der Waals surface area contributed by atoms with Crippen molar-refractivity contribution in [1.82, 2.24) is 10.6 Å². The molecule has 2 amide bonds. The second-order valence-electron chi connectivity index (χ2n) is 8.30. The molecule has 2 aliphatic heterocycles. The van der Waals surface area contributed by atoms with Gasteiger partial charge in [-0.05, 0) is 53.8 Å². The van der Waals surface area contributed by atoms with Gasteiger partial charge in [-0.25, -0.2) is 0 Å². The van der Waals surface area contributed by atoms with Crippen LogP contribution < -0.4 is 15.5 Å². The van der Waals surface area contributed by atoms with Crippen molar-refractivity contribution in [3.05, 3.63) is 53.6 Å². The van der Waals surface area contributed by atoms with Crippen LogP contribution in [0.3, 0.4) is 0 Å². The zero-order valence-electron chi connectivity index (χ0n) is 18.3. The highest BCUT2D eigenvalue weighted by atomic mass is 16.5. The smallest absolute Gasteiger partial charge is 0.251 e. The molecule has 2 aliphatic rings. The van der Waals surface area contributed by atoms with Crippen LogP contribution in [0, 0.1) is 11.3 Å². The van der Waals surface area contributed by atoms with Gasteiger partial charge in [0.15, 0.2) is 0 Å². The van der Waals surface area contributed by atoms with Crippen LogP contribution in [0.1, 0.15) is 24.0 Å². The first-order valence-electron chi connectivity index (χ1n) is 11.1. The number of hydrogen-bond donors (Lipinski definition) is 2. The Labute approximate surface area is 188 Å². The summed E-state index contributed by atoms with van der Waals surface area (Å²) in [5, 5.41) is 15.5. The molecule has 2 N–H and O–H groups in total. The predicted octanol–water partition coefficient (Wildman–Crippen LogP) is 2.19. The van der Waals surface area contributed by atoms with Crippen molar-refractivity contribution in [2.75, 3.05) is 31.6 Å². The van der Waals surface area contributed by atoms with Gasteiger partial charge in [-0.15, -0.1) is 0 Å². The van der Waals surface area contributed by atoms with Crippen molar-refractivity contribution in [2.45, 2.75) is 37.8 Å². The van der Waals surface area contributed by atoms with Gasteiger partial charge in [0.2, 0.25) is 5.91 Å². The number of rotatable bonds is 5. The summed E-state index contributed by atoms with van der Waals surface area (Å²) in [7, 11) is 1.82. The molecule has 32 heavy (non-hydrogen) atoms. The third-order valence-corrected chi connectivity index (χ3v) is 6.06. The Balaban J connectivity index is 1.40. The number of carbonyl (C=O) groups is 2. The number of fused-ring (bicyclic) bond motifs is 1. The Hall–Kier alpha value is -3.21. The molecular weight excluding hydrogens is 404 g/mol. The lowest BCUT2D eigenvalue weighted by molar-refractivity contribution is -0.132. The Morgan fingerprint density at radius 1 is 1.25 bits per heavy atom. The van der Waals surface area contributed by atoms with E-state index >= 15 is 0 Å². The molecule has 166 valence electrons. The summed E-state index contributed by atoms with van der Waals surface area (Å²) >= 11 is 0. The number of anilines is 1. The first-order chi connectivity index (χ1) is 15.5. The average molecular weight is 433 g/mol. The van der Waals surface area contributed by atoms with E-state index in [1.165, 1.54) is 5.56 Å². The molecule has 1 saturated heterocycles. The molecule has 0 aliphatic carbocycles. The van der Waals surface area contributed by atoms with Gasteiger partial charge in [0.25, 0.3) is 5.91 Å². The zero-order chi connectivity index (χ0) is 22.5. The third-order valence-electron chi connectivity index (χ3n) is 6.06. The summed E-state index contributed by atoms with van der Waals surface area (Å²) in [6, 6.07) is 15.8. The number of benzene rings is 2. The molecule has 2 atom stereocenters. The number of ether oxygens (including phenoxy) is 1. The van der Waals surface area contributed by atoms with Crippen LogP contribution >= 0.6 is 0 Å². The fourth-order valence-corrected chi connectivity index (χ4v) is 4.18. The van der Waals surface area contributed by atoms with Crippen molar-refractivity contribution < 1.29 is 14.3 Å². The van der Waals surface area contributed by atoms with E-state index in [0.717, 1.165) is 41.8 Å². The Morgan fingerprint density at radius 3 is 2.81 bits per heavy atom. The van der Waals surface area contributed by atoms with E-state index in [4.69, 9.17) is 4.74 Å². The largest absolute Gasteiger partial charge is 0.367 e. The average Bonchev–Trinajstić information content (AvgIpc) is 3.11. The molecular formula is C25H28N4O3. The van der Waals surface area contributed by atoms with E-state index in [0.29, 0.717) is 26.0 Å². The lowest BCUT2D eigenvalue weighted by Crippen LogP contribution is -2.46. The topological polar surface area (TPSA) is 94.5 Å². The Bertz CT molecular complexity index is 1020. The normalized spacial score (nSPS) is 19.4. The highest BCUT2D eigenvalue weighted by Crippen LogP contribution is 2.31. The molecule has 0 bridgehead atoms. The fourth-order valence-electron chi connectivity index (χ4n) is 4.18. The highest BCUT2D eigenvalue weighted by molar-refractivity contribution is 5.96. The lowest BCUT2D eigenvalue weighted by Gasteiger charge is -2.26. The predicted molar refractivity (Wildman–Crippen MR) is 122 cm³/mol. The van der Waals surface area contributed by atoms with E-state index in [2.05, 4.69) is 22.8 Å². The number of nitriles is 1. The fraction of sp³-hybridized carbons (Fsp3) is 0.400. The monoisotopic (exact) mass is 432 g/mol. The van der Waals surface area contributed by atoms with Crippen LogP contribution in [-0.4, -0.2) is 50.7 Å². The van der Waals surface area contributed by atoms with Crippen molar-refractivity contribution >= 4 is 17.5 Å². The minimum Gasteiger partial charge on any atom is -0.367 e. The van der Waals surface area contributed by atoms with Gasteiger partial charge in [-0.2, -0.15) is 5.26 Å². The molecule has 2 aromatic carbocycles. The van der Waals surface area contributed by atoms with Crippen molar-refractivity contribution in [1.29, 1.82) is 5.26 Å².